The standard InChI is InChI=1S/C10H16/c1-5-7-10(8-6-2)9(3)4/h5-6,8,10H,1,3,7H2,2,4H3. The Labute approximate surface area is 64.0 Å². The van der Waals surface area contributed by atoms with Crippen molar-refractivity contribution in [3.8, 4) is 0 Å². The maximum Gasteiger partial charge on any atom is 0.000557 e. The van der Waals surface area contributed by atoms with Crippen molar-refractivity contribution >= 4 is 0 Å². The van der Waals surface area contributed by atoms with Gasteiger partial charge >= 0.3 is 0 Å². The van der Waals surface area contributed by atoms with Crippen LogP contribution in [0.3, 0.4) is 0 Å². The van der Waals surface area contributed by atoms with Crippen LogP contribution in [-0.4, -0.2) is 0 Å². The van der Waals surface area contributed by atoms with Gasteiger partial charge in [0, 0.05) is 5.92 Å². The molecule has 0 nitrogen and oxygen atoms in total. The summed E-state index contributed by atoms with van der Waals surface area (Å²) >= 11 is 0. The average molecular weight is 136 g/mol. The van der Waals surface area contributed by atoms with E-state index in [1.807, 2.05) is 19.9 Å². The second kappa shape index (κ2) is 5.04. The fourth-order valence-electron chi connectivity index (χ4n) is 0.856. The minimum Gasteiger partial charge on any atom is -0.103 e. The Hall–Kier alpha value is -0.780. The number of hydrogen-bond donors (Lipinski definition) is 0. The van der Waals surface area contributed by atoms with E-state index in [0.29, 0.717) is 5.92 Å². The van der Waals surface area contributed by atoms with Crippen LogP contribution in [0.4, 0.5) is 0 Å². The molecule has 0 aliphatic heterocycles. The topological polar surface area (TPSA) is 0 Å². The van der Waals surface area contributed by atoms with Crippen molar-refractivity contribution in [2.24, 2.45) is 5.92 Å². The summed E-state index contributed by atoms with van der Waals surface area (Å²) in [5.74, 6) is 0.488. The van der Waals surface area contributed by atoms with Gasteiger partial charge in [0.1, 0.15) is 0 Å². The quantitative estimate of drug-likeness (QED) is 0.520. The molecule has 0 saturated heterocycles. The summed E-state index contributed by atoms with van der Waals surface area (Å²) in [6.07, 6.45) is 7.14. The van der Waals surface area contributed by atoms with E-state index in [9.17, 15) is 0 Å². The molecular formula is C10H16. The van der Waals surface area contributed by atoms with Crippen molar-refractivity contribution in [1.82, 2.24) is 0 Å². The maximum atomic E-state index is 3.89. The summed E-state index contributed by atoms with van der Waals surface area (Å²) in [5.41, 5.74) is 1.21. The first-order valence-corrected chi connectivity index (χ1v) is 3.61. The Morgan fingerprint density at radius 3 is 2.50 bits per heavy atom. The fraction of sp³-hybridized carbons (Fsp3) is 0.400. The van der Waals surface area contributed by atoms with E-state index in [1.165, 1.54) is 5.57 Å². The highest BCUT2D eigenvalue weighted by molar-refractivity contribution is 5.07. The van der Waals surface area contributed by atoms with Gasteiger partial charge in [-0.1, -0.05) is 30.4 Å². The molecule has 1 unspecified atom stereocenters. The number of rotatable bonds is 4. The molecule has 0 aromatic carbocycles. The molecule has 0 heterocycles. The highest BCUT2D eigenvalue weighted by Gasteiger charge is 2.00. The Bertz CT molecular complexity index is 140. The second-order valence-electron chi connectivity index (χ2n) is 2.50. The summed E-state index contributed by atoms with van der Waals surface area (Å²) in [5, 5.41) is 0. The van der Waals surface area contributed by atoms with Crippen LogP contribution < -0.4 is 0 Å². The Balaban J connectivity index is 3.96. The van der Waals surface area contributed by atoms with Crippen LogP contribution in [0.1, 0.15) is 20.3 Å². The van der Waals surface area contributed by atoms with E-state index in [-0.39, 0.29) is 0 Å². The predicted octanol–water partition coefficient (Wildman–Crippen LogP) is 3.33. The number of hydrogen-bond acceptors (Lipinski definition) is 0. The first kappa shape index (κ1) is 9.22. The molecule has 0 fully saturated rings. The molecule has 0 bridgehead atoms. The third-order valence-electron chi connectivity index (χ3n) is 1.48. The molecule has 0 rings (SSSR count). The van der Waals surface area contributed by atoms with E-state index < -0.39 is 0 Å². The molecule has 0 aromatic heterocycles. The molecule has 0 aliphatic carbocycles. The minimum absolute atomic E-state index is 0.488. The first-order chi connectivity index (χ1) is 4.72. The maximum absolute atomic E-state index is 3.89. The summed E-state index contributed by atoms with van der Waals surface area (Å²) in [6.45, 7) is 11.7. The van der Waals surface area contributed by atoms with E-state index in [2.05, 4.69) is 25.3 Å². The van der Waals surface area contributed by atoms with E-state index >= 15 is 0 Å². The lowest BCUT2D eigenvalue weighted by Crippen LogP contribution is -1.94. The van der Waals surface area contributed by atoms with Crippen molar-refractivity contribution < 1.29 is 0 Å². The van der Waals surface area contributed by atoms with Crippen molar-refractivity contribution in [3.05, 3.63) is 37.0 Å². The van der Waals surface area contributed by atoms with Gasteiger partial charge in [-0.25, -0.2) is 0 Å². The lowest BCUT2D eigenvalue weighted by atomic mass is 9.98. The third-order valence-corrected chi connectivity index (χ3v) is 1.48. The Kier molecular flexibility index (Phi) is 4.65. The van der Waals surface area contributed by atoms with Gasteiger partial charge in [0.15, 0.2) is 0 Å². The van der Waals surface area contributed by atoms with Gasteiger partial charge in [0.05, 0.1) is 0 Å². The predicted molar refractivity (Wildman–Crippen MR) is 47.9 cm³/mol. The van der Waals surface area contributed by atoms with Crippen molar-refractivity contribution in [1.29, 1.82) is 0 Å². The molecule has 0 aliphatic rings. The van der Waals surface area contributed by atoms with Crippen molar-refractivity contribution in [3.63, 3.8) is 0 Å². The van der Waals surface area contributed by atoms with Gasteiger partial charge < -0.3 is 0 Å². The van der Waals surface area contributed by atoms with Crippen LogP contribution >= 0.6 is 0 Å². The largest absolute Gasteiger partial charge is 0.103 e. The molecule has 56 valence electrons. The van der Waals surface area contributed by atoms with Gasteiger partial charge in [-0.05, 0) is 20.3 Å². The smallest absolute Gasteiger partial charge is 0.000557 e. The van der Waals surface area contributed by atoms with Crippen molar-refractivity contribution in [2.45, 2.75) is 20.3 Å². The SMILES string of the molecule is C=CCC(C=CC)C(=C)C. The molecule has 10 heavy (non-hydrogen) atoms. The van der Waals surface area contributed by atoms with Crippen molar-refractivity contribution in [2.75, 3.05) is 0 Å². The van der Waals surface area contributed by atoms with Crippen LogP contribution in [0.15, 0.2) is 37.0 Å². The summed E-state index contributed by atoms with van der Waals surface area (Å²) < 4.78 is 0. The molecule has 0 heteroatoms. The first-order valence-electron chi connectivity index (χ1n) is 3.61. The number of allylic oxidation sites excluding steroid dienone is 4. The average Bonchev–Trinajstić information content (AvgIpc) is 1.87. The zero-order chi connectivity index (χ0) is 7.98. The zero-order valence-corrected chi connectivity index (χ0v) is 6.93. The summed E-state index contributed by atoms with van der Waals surface area (Å²) in [4.78, 5) is 0. The van der Waals surface area contributed by atoms with Gasteiger partial charge in [0.2, 0.25) is 0 Å². The van der Waals surface area contributed by atoms with Gasteiger partial charge in [0.25, 0.3) is 0 Å². The fourth-order valence-corrected chi connectivity index (χ4v) is 0.856. The molecule has 0 saturated carbocycles. The lowest BCUT2D eigenvalue weighted by molar-refractivity contribution is 0.778. The Morgan fingerprint density at radius 2 is 2.20 bits per heavy atom. The summed E-state index contributed by atoms with van der Waals surface area (Å²) in [6, 6.07) is 0. The van der Waals surface area contributed by atoms with Gasteiger partial charge in [-0.2, -0.15) is 0 Å². The van der Waals surface area contributed by atoms with E-state index in [1.54, 1.807) is 0 Å². The van der Waals surface area contributed by atoms with Gasteiger partial charge in [-0.3, -0.25) is 0 Å². The summed E-state index contributed by atoms with van der Waals surface area (Å²) in [7, 11) is 0. The van der Waals surface area contributed by atoms with Crippen LogP contribution in [0.2, 0.25) is 0 Å². The molecule has 0 N–H and O–H groups in total. The van der Waals surface area contributed by atoms with Crippen LogP contribution in [0.25, 0.3) is 0 Å². The second-order valence-corrected chi connectivity index (χ2v) is 2.50. The zero-order valence-electron chi connectivity index (χ0n) is 6.93. The highest BCUT2D eigenvalue weighted by atomic mass is 14.0. The molecular weight excluding hydrogens is 120 g/mol. The van der Waals surface area contributed by atoms with Crippen LogP contribution in [0.5, 0.6) is 0 Å². The molecule has 0 aromatic rings. The molecule has 0 amide bonds. The third kappa shape index (κ3) is 3.29. The Morgan fingerprint density at radius 1 is 1.60 bits per heavy atom. The highest BCUT2D eigenvalue weighted by Crippen LogP contribution is 2.14. The van der Waals surface area contributed by atoms with Crippen LogP contribution in [-0.2, 0) is 0 Å². The molecule has 0 spiro atoms. The normalized spacial score (nSPS) is 13.4. The lowest BCUT2D eigenvalue weighted by Gasteiger charge is -2.07. The minimum atomic E-state index is 0.488. The van der Waals surface area contributed by atoms with Crippen LogP contribution in [0, 0.1) is 5.92 Å². The van der Waals surface area contributed by atoms with E-state index in [4.69, 9.17) is 0 Å². The molecule has 1 atom stereocenters. The van der Waals surface area contributed by atoms with Gasteiger partial charge in [-0.15, -0.1) is 6.58 Å². The molecule has 0 radical (unpaired) electrons. The van der Waals surface area contributed by atoms with E-state index in [0.717, 1.165) is 6.42 Å². The monoisotopic (exact) mass is 136 g/mol.